The Morgan fingerprint density at radius 3 is 2.15 bits per heavy atom. The molecule has 0 bridgehead atoms. The van der Waals surface area contributed by atoms with Crippen LogP contribution in [0.1, 0.15) is 132 Å². The molecule has 6 aliphatic carbocycles. The molecule has 0 aliphatic heterocycles. The number of hydrogen-bond donors (Lipinski definition) is 0. The van der Waals surface area contributed by atoms with Gasteiger partial charge in [-0.25, -0.2) is 0 Å². The molecule has 6 aliphatic rings. The van der Waals surface area contributed by atoms with Crippen LogP contribution in [0.15, 0.2) is 74.1 Å². The molecule has 7 rings (SSSR count). The molecule has 46 heavy (non-hydrogen) atoms. The monoisotopic (exact) mass is 734 g/mol. The summed E-state index contributed by atoms with van der Waals surface area (Å²) >= 11 is -2.48. The van der Waals surface area contributed by atoms with E-state index in [1.807, 2.05) is 8.85 Å². The van der Waals surface area contributed by atoms with Crippen molar-refractivity contribution in [2.45, 2.75) is 130 Å². The molecule has 0 N–H and O–H groups in total. The van der Waals surface area contributed by atoms with E-state index in [1.165, 1.54) is 56.9 Å². The van der Waals surface area contributed by atoms with Gasteiger partial charge in [-0.1, -0.05) is 0 Å². The maximum absolute atomic E-state index is 2.84. The van der Waals surface area contributed by atoms with Gasteiger partial charge in [-0.05, 0) is 0 Å². The standard InChI is InChI=1S/C29H37.C11H15.C3H6.2ClH.Zr/c1-18-25-22-17-19-13-9-10-14-20(19)24(22)21-15-11-12-16-23(21)29(25,8)28(6,7)27(4,5)26(18,2)3;1-2-6-10(7-3-1)11-8-4-5-9-11;1-3-2;;;/h9-11,13-15,23H,12,16-17H2,1-8H3;8-10H,1-4,6-7H2;1-2H3;2*1H;/q;;;;;+2/p-2. The van der Waals surface area contributed by atoms with Gasteiger partial charge in [-0.2, -0.15) is 0 Å². The van der Waals surface area contributed by atoms with E-state index in [1.54, 1.807) is 31.1 Å². The predicted octanol–water partition coefficient (Wildman–Crippen LogP) is 6.18. The minimum atomic E-state index is -2.48. The first-order valence-corrected chi connectivity index (χ1v) is 21.7. The third-order valence-corrected chi connectivity index (χ3v) is 25.0. The number of rotatable bonds is 3. The normalized spacial score (nSPS) is 31.6. The first-order valence-electron chi connectivity index (χ1n) is 18.0. The van der Waals surface area contributed by atoms with Crippen molar-refractivity contribution in [3.05, 3.63) is 85.3 Å². The van der Waals surface area contributed by atoms with Crippen molar-refractivity contribution in [3.8, 4) is 0 Å². The molecule has 3 atom stereocenters. The third-order valence-electron chi connectivity index (χ3n) is 15.5. The first kappa shape index (κ1) is 36.5. The molecule has 1 aromatic rings. The van der Waals surface area contributed by atoms with Crippen LogP contribution in [0, 0.1) is 33.5 Å². The van der Waals surface area contributed by atoms with Crippen LogP contribution in [0.3, 0.4) is 0 Å². The summed E-state index contributed by atoms with van der Waals surface area (Å²) in [5.41, 5.74) is 12.3. The molecular weight excluding hydrogens is 679 g/mol. The largest absolute Gasteiger partial charge is 1.00 e. The van der Waals surface area contributed by atoms with Crippen LogP contribution < -0.4 is 24.8 Å². The second-order valence-corrected chi connectivity index (χ2v) is 25.9. The Bertz CT molecular complexity index is 1610. The smallest absolute Gasteiger partial charge is 1.00 e. The summed E-state index contributed by atoms with van der Waals surface area (Å²) in [6, 6.07) is 9.46. The van der Waals surface area contributed by atoms with Gasteiger partial charge < -0.3 is 24.8 Å². The fourth-order valence-electron chi connectivity index (χ4n) is 12.0. The van der Waals surface area contributed by atoms with Crippen LogP contribution >= 0.6 is 0 Å². The Morgan fingerprint density at radius 1 is 0.804 bits per heavy atom. The third kappa shape index (κ3) is 4.55. The number of fused-ring (bicyclic) bond motifs is 6. The summed E-state index contributed by atoms with van der Waals surface area (Å²) in [5, 5.41) is 0. The molecule has 1 aromatic carbocycles. The van der Waals surface area contributed by atoms with E-state index in [4.69, 9.17) is 0 Å². The van der Waals surface area contributed by atoms with Gasteiger partial charge in [0.15, 0.2) is 0 Å². The maximum Gasteiger partial charge on any atom is -1.00 e. The van der Waals surface area contributed by atoms with Gasteiger partial charge in [0.25, 0.3) is 0 Å². The molecule has 2 saturated carbocycles. The molecule has 0 heterocycles. The zero-order chi connectivity index (χ0) is 31.4. The summed E-state index contributed by atoms with van der Waals surface area (Å²) in [7, 11) is 0. The summed E-state index contributed by atoms with van der Waals surface area (Å²) in [5.74, 6) is 1.38. The zero-order valence-electron chi connectivity index (χ0n) is 30.4. The van der Waals surface area contributed by atoms with Crippen LogP contribution in [-0.4, -0.2) is 3.21 Å². The van der Waals surface area contributed by atoms with E-state index in [9.17, 15) is 0 Å². The van der Waals surface area contributed by atoms with Crippen molar-refractivity contribution in [3.63, 3.8) is 0 Å². The number of halogens is 2. The molecule has 3 unspecified atom stereocenters. The van der Waals surface area contributed by atoms with Crippen molar-refractivity contribution in [1.29, 1.82) is 0 Å². The van der Waals surface area contributed by atoms with E-state index in [2.05, 4.69) is 118 Å². The average molecular weight is 737 g/mol. The first-order chi connectivity index (χ1) is 20.7. The molecule has 0 amide bonds. The molecule has 0 aromatic heterocycles. The van der Waals surface area contributed by atoms with Gasteiger partial charge in [0.1, 0.15) is 0 Å². The Hall–Kier alpha value is -0.747. The van der Waals surface area contributed by atoms with Crippen molar-refractivity contribution < 1.29 is 46.1 Å². The Labute approximate surface area is 301 Å². The van der Waals surface area contributed by atoms with E-state index in [0.717, 1.165) is 12.3 Å². The molecule has 0 saturated heterocycles. The van der Waals surface area contributed by atoms with Crippen molar-refractivity contribution in [1.82, 2.24) is 0 Å². The van der Waals surface area contributed by atoms with Crippen molar-refractivity contribution in [2.75, 3.05) is 0 Å². The molecule has 248 valence electrons. The van der Waals surface area contributed by atoms with Gasteiger partial charge in [0.05, 0.1) is 0 Å². The zero-order valence-corrected chi connectivity index (χ0v) is 34.4. The second-order valence-electron chi connectivity index (χ2n) is 17.5. The van der Waals surface area contributed by atoms with E-state index < -0.39 is 21.3 Å². The van der Waals surface area contributed by atoms with Gasteiger partial charge in [0, 0.05) is 0 Å². The van der Waals surface area contributed by atoms with Gasteiger partial charge in [-0.15, -0.1) is 0 Å². The SMILES string of the molecule is C[C](C)=[Zr+2]([C]1=CC(C2CCCCC2)=CC1)[C]1(C)C2=C3Cc4ccccc4C3=C3C=CCCC3C2(C)C(C)(C)C(C)(C)C1(C)C.[Cl-].[Cl-]. The summed E-state index contributed by atoms with van der Waals surface area (Å²) in [6.45, 7) is 26.9. The molecule has 3 heteroatoms. The number of hydrogen-bond acceptors (Lipinski definition) is 0. The van der Waals surface area contributed by atoms with E-state index in [0.29, 0.717) is 5.92 Å². The molecular formula is C43H58Cl2Zr. The molecule has 2 fully saturated rings. The van der Waals surface area contributed by atoms with Crippen LogP contribution in [0.25, 0.3) is 5.57 Å². The summed E-state index contributed by atoms with van der Waals surface area (Å²) in [6.07, 6.45) is 22.5. The van der Waals surface area contributed by atoms with Crippen LogP contribution in [0.4, 0.5) is 0 Å². The van der Waals surface area contributed by atoms with Crippen LogP contribution in [-0.2, 0) is 27.7 Å². The maximum atomic E-state index is 2.84. The van der Waals surface area contributed by atoms with Gasteiger partial charge >= 0.3 is 279 Å². The Morgan fingerprint density at radius 2 is 1.48 bits per heavy atom. The van der Waals surface area contributed by atoms with E-state index >= 15 is 0 Å². The predicted molar refractivity (Wildman–Crippen MR) is 187 cm³/mol. The second kappa shape index (κ2) is 12.2. The number of benzene rings is 1. The Balaban J connectivity index is 0.00000208. The topological polar surface area (TPSA) is 0 Å². The van der Waals surface area contributed by atoms with Crippen LogP contribution in [0.2, 0.25) is 3.12 Å². The van der Waals surface area contributed by atoms with Crippen molar-refractivity contribution >= 4 is 8.78 Å². The fraction of sp³-hybridized carbons (Fsp3) is 0.605. The van der Waals surface area contributed by atoms with Gasteiger partial charge in [-0.3, -0.25) is 0 Å². The summed E-state index contributed by atoms with van der Waals surface area (Å²) in [4.78, 5) is 0. The molecule has 0 nitrogen and oxygen atoms in total. The quantitative estimate of drug-likeness (QED) is 0.348. The Kier molecular flexibility index (Phi) is 9.72. The van der Waals surface area contributed by atoms with E-state index in [-0.39, 0.29) is 49.6 Å². The molecule has 0 radical (unpaired) electrons. The average Bonchev–Trinajstić information content (AvgIpc) is 3.62. The van der Waals surface area contributed by atoms with Gasteiger partial charge in [0.2, 0.25) is 0 Å². The minimum absolute atomic E-state index is 0. The fourth-order valence-corrected chi connectivity index (χ4v) is 23.0. The molecule has 0 spiro atoms. The summed E-state index contributed by atoms with van der Waals surface area (Å²) < 4.78 is 3.87. The minimum Gasteiger partial charge on any atom is -1.00 e. The number of allylic oxidation sites excluding steroid dienone is 10. The van der Waals surface area contributed by atoms with Crippen molar-refractivity contribution in [2.24, 2.45) is 33.5 Å². The van der Waals surface area contributed by atoms with Crippen LogP contribution in [0.5, 0.6) is 0 Å².